The number of hydrogen-bond donors (Lipinski definition) is 1. The van der Waals surface area contributed by atoms with E-state index >= 15 is 0 Å². The van der Waals surface area contributed by atoms with Gasteiger partial charge < -0.3 is 24.3 Å². The van der Waals surface area contributed by atoms with Gasteiger partial charge in [-0.05, 0) is 67.8 Å². The van der Waals surface area contributed by atoms with Crippen molar-refractivity contribution in [3.8, 4) is 17.2 Å². The SMILES string of the molecule is CCOc1cc(C=C2SC(=S)NC2=O)cc(Cl)c1OCCOCCOc1ccc(C)c(C)c1. The van der Waals surface area contributed by atoms with Crippen molar-refractivity contribution in [2.75, 3.05) is 33.0 Å². The van der Waals surface area contributed by atoms with Crippen LogP contribution in [0.25, 0.3) is 6.08 Å². The first kappa shape index (κ1) is 25.4. The van der Waals surface area contributed by atoms with Crippen molar-refractivity contribution in [1.82, 2.24) is 5.32 Å². The zero-order valence-corrected chi connectivity index (χ0v) is 21.1. The molecule has 2 aromatic carbocycles. The molecule has 6 nitrogen and oxygen atoms in total. The lowest BCUT2D eigenvalue weighted by Crippen LogP contribution is -2.17. The molecular weight excluding hydrogens is 482 g/mol. The number of amides is 1. The van der Waals surface area contributed by atoms with Gasteiger partial charge in [0, 0.05) is 0 Å². The van der Waals surface area contributed by atoms with E-state index in [0.29, 0.717) is 58.8 Å². The molecule has 1 heterocycles. The highest BCUT2D eigenvalue weighted by Gasteiger charge is 2.22. The monoisotopic (exact) mass is 507 g/mol. The molecule has 1 fully saturated rings. The summed E-state index contributed by atoms with van der Waals surface area (Å²) in [6, 6.07) is 9.51. The van der Waals surface area contributed by atoms with E-state index in [1.54, 1.807) is 18.2 Å². The molecular formula is C24H26ClNO5S2. The number of thioether (sulfide) groups is 1. The van der Waals surface area contributed by atoms with Crippen LogP contribution in [-0.4, -0.2) is 43.3 Å². The maximum Gasteiger partial charge on any atom is 0.263 e. The number of aryl methyl sites for hydroxylation is 2. The number of hydrogen-bond acceptors (Lipinski definition) is 7. The third-order valence-corrected chi connectivity index (χ3v) is 6.16. The first-order valence-corrected chi connectivity index (χ1v) is 12.1. The number of benzene rings is 2. The maximum atomic E-state index is 11.9. The standard InChI is InChI=1S/C24H26ClNO5S2/c1-4-29-20-13-17(14-21-23(27)26-24(32)33-21)12-19(25)22(20)31-10-8-28-7-9-30-18-6-5-15(2)16(3)11-18/h5-6,11-14H,4,7-10H2,1-3H3,(H,26,27,32). The fourth-order valence-corrected chi connectivity index (χ4v) is 4.29. The third kappa shape index (κ3) is 7.37. The van der Waals surface area contributed by atoms with Gasteiger partial charge in [0.15, 0.2) is 11.5 Å². The van der Waals surface area contributed by atoms with Crippen molar-refractivity contribution < 1.29 is 23.7 Å². The number of rotatable bonds is 11. The van der Waals surface area contributed by atoms with Crippen LogP contribution in [0, 0.1) is 13.8 Å². The molecule has 0 unspecified atom stereocenters. The van der Waals surface area contributed by atoms with Crippen LogP contribution in [0.1, 0.15) is 23.6 Å². The quantitative estimate of drug-likeness (QED) is 0.251. The minimum Gasteiger partial charge on any atom is -0.491 e. The lowest BCUT2D eigenvalue weighted by molar-refractivity contribution is -0.115. The van der Waals surface area contributed by atoms with E-state index in [1.807, 2.05) is 25.1 Å². The second kappa shape index (κ2) is 12.3. The summed E-state index contributed by atoms with van der Waals surface area (Å²) in [4.78, 5) is 12.4. The van der Waals surface area contributed by atoms with E-state index in [0.717, 1.165) is 11.3 Å². The molecule has 2 aromatic rings. The molecule has 0 atom stereocenters. The molecule has 1 aliphatic heterocycles. The summed E-state index contributed by atoms with van der Waals surface area (Å²) in [6.45, 7) is 8.01. The van der Waals surface area contributed by atoms with Crippen LogP contribution in [0.5, 0.6) is 17.2 Å². The summed E-state index contributed by atoms with van der Waals surface area (Å²) in [5, 5.41) is 2.98. The van der Waals surface area contributed by atoms with E-state index in [9.17, 15) is 4.79 Å². The Labute approximate surface area is 208 Å². The van der Waals surface area contributed by atoms with Crippen LogP contribution in [0.3, 0.4) is 0 Å². The van der Waals surface area contributed by atoms with Crippen LogP contribution in [0.15, 0.2) is 35.2 Å². The molecule has 9 heteroatoms. The zero-order chi connectivity index (χ0) is 23.8. The molecule has 0 bridgehead atoms. The molecule has 1 saturated heterocycles. The van der Waals surface area contributed by atoms with Gasteiger partial charge in [0.05, 0.1) is 29.7 Å². The van der Waals surface area contributed by atoms with Gasteiger partial charge in [0.2, 0.25) is 0 Å². The van der Waals surface area contributed by atoms with Gasteiger partial charge >= 0.3 is 0 Å². The van der Waals surface area contributed by atoms with Gasteiger partial charge in [-0.25, -0.2) is 0 Å². The Morgan fingerprint density at radius 1 is 1.03 bits per heavy atom. The van der Waals surface area contributed by atoms with Crippen LogP contribution < -0.4 is 19.5 Å². The predicted molar refractivity (Wildman–Crippen MR) is 137 cm³/mol. The lowest BCUT2D eigenvalue weighted by Gasteiger charge is -2.15. The molecule has 0 aromatic heterocycles. The Hall–Kier alpha value is -2.26. The summed E-state index contributed by atoms with van der Waals surface area (Å²) >= 11 is 12.7. The van der Waals surface area contributed by atoms with Crippen LogP contribution in [0.2, 0.25) is 5.02 Å². The first-order chi connectivity index (χ1) is 15.9. The molecule has 1 aliphatic rings. The van der Waals surface area contributed by atoms with Crippen molar-refractivity contribution in [3.63, 3.8) is 0 Å². The summed E-state index contributed by atoms with van der Waals surface area (Å²) in [7, 11) is 0. The van der Waals surface area contributed by atoms with E-state index < -0.39 is 0 Å². The Kier molecular flexibility index (Phi) is 9.43. The van der Waals surface area contributed by atoms with E-state index in [2.05, 4.69) is 19.2 Å². The van der Waals surface area contributed by atoms with Crippen molar-refractivity contribution in [1.29, 1.82) is 0 Å². The van der Waals surface area contributed by atoms with E-state index in [1.165, 1.54) is 22.9 Å². The number of thiocarbonyl (C=S) groups is 1. The summed E-state index contributed by atoms with van der Waals surface area (Å²) in [6.07, 6.45) is 1.72. The fourth-order valence-electron chi connectivity index (χ4n) is 2.97. The number of carbonyl (C=O) groups excluding carboxylic acids is 1. The second-order valence-corrected chi connectivity index (χ2v) is 9.30. The molecule has 0 radical (unpaired) electrons. The van der Waals surface area contributed by atoms with Gasteiger partial charge in [0.1, 0.15) is 23.3 Å². The van der Waals surface area contributed by atoms with Crippen LogP contribution >= 0.6 is 35.6 Å². The predicted octanol–water partition coefficient (Wildman–Crippen LogP) is 5.32. The summed E-state index contributed by atoms with van der Waals surface area (Å²) in [5.74, 6) is 1.55. The average molecular weight is 508 g/mol. The topological polar surface area (TPSA) is 66.0 Å². The highest BCUT2D eigenvalue weighted by molar-refractivity contribution is 8.26. The average Bonchev–Trinajstić information content (AvgIpc) is 3.08. The molecule has 0 saturated carbocycles. The normalized spacial score (nSPS) is 14.5. The van der Waals surface area contributed by atoms with Gasteiger partial charge in [-0.3, -0.25) is 4.79 Å². The number of carbonyl (C=O) groups is 1. The smallest absolute Gasteiger partial charge is 0.263 e. The Balaban J connectivity index is 1.50. The number of ether oxygens (including phenoxy) is 4. The largest absolute Gasteiger partial charge is 0.491 e. The first-order valence-electron chi connectivity index (χ1n) is 10.5. The third-order valence-electron chi connectivity index (χ3n) is 4.72. The molecule has 176 valence electrons. The molecule has 0 aliphatic carbocycles. The van der Waals surface area contributed by atoms with Crippen molar-refractivity contribution in [2.45, 2.75) is 20.8 Å². The van der Waals surface area contributed by atoms with Crippen LogP contribution in [0.4, 0.5) is 0 Å². The minimum atomic E-state index is -0.224. The number of halogens is 1. The molecule has 3 rings (SSSR count). The maximum absolute atomic E-state index is 11.9. The number of nitrogens with one attached hydrogen (secondary N) is 1. The highest BCUT2D eigenvalue weighted by Crippen LogP contribution is 2.38. The van der Waals surface area contributed by atoms with Crippen molar-refractivity contribution in [2.24, 2.45) is 0 Å². The van der Waals surface area contributed by atoms with Gasteiger partial charge in [0.25, 0.3) is 5.91 Å². The minimum absolute atomic E-state index is 0.224. The zero-order valence-electron chi connectivity index (χ0n) is 18.7. The second-order valence-electron chi connectivity index (χ2n) is 7.17. The van der Waals surface area contributed by atoms with Gasteiger partial charge in [-0.15, -0.1) is 0 Å². The molecule has 0 spiro atoms. The lowest BCUT2D eigenvalue weighted by atomic mass is 10.1. The Morgan fingerprint density at radius 2 is 1.79 bits per heavy atom. The summed E-state index contributed by atoms with van der Waals surface area (Å²) in [5.41, 5.74) is 3.15. The van der Waals surface area contributed by atoms with E-state index in [4.69, 9.17) is 42.8 Å². The van der Waals surface area contributed by atoms with Crippen LogP contribution in [-0.2, 0) is 9.53 Å². The molecule has 1 amide bonds. The van der Waals surface area contributed by atoms with Crippen molar-refractivity contribution >= 4 is 51.9 Å². The molecule has 1 N–H and O–H groups in total. The fraction of sp³-hybridized carbons (Fsp3) is 0.333. The van der Waals surface area contributed by atoms with Crippen molar-refractivity contribution in [3.05, 3.63) is 56.9 Å². The Bertz CT molecular complexity index is 1060. The Morgan fingerprint density at radius 3 is 2.45 bits per heavy atom. The summed E-state index contributed by atoms with van der Waals surface area (Å²) < 4.78 is 23.3. The molecule has 33 heavy (non-hydrogen) atoms. The van der Waals surface area contributed by atoms with Gasteiger partial charge in [-0.2, -0.15) is 0 Å². The van der Waals surface area contributed by atoms with E-state index in [-0.39, 0.29) is 5.91 Å². The highest BCUT2D eigenvalue weighted by atomic mass is 35.5. The van der Waals surface area contributed by atoms with Gasteiger partial charge in [-0.1, -0.05) is 41.6 Å².